The van der Waals surface area contributed by atoms with E-state index in [1.54, 1.807) is 13.1 Å². The van der Waals surface area contributed by atoms with Crippen LogP contribution in [0.1, 0.15) is 51.3 Å². The van der Waals surface area contributed by atoms with Crippen LogP contribution in [0.3, 0.4) is 0 Å². The van der Waals surface area contributed by atoms with Crippen molar-refractivity contribution >= 4 is 28.7 Å². The Morgan fingerprint density at radius 2 is 1.97 bits per heavy atom. The molecule has 0 fully saturated rings. The fourth-order valence-corrected chi connectivity index (χ4v) is 4.68. The molecular formula is C23H22F3N5O3. The molecule has 0 radical (unpaired) electrons. The fourth-order valence-electron chi connectivity index (χ4n) is 4.68. The summed E-state index contributed by atoms with van der Waals surface area (Å²) in [5.74, 6) is -0.314. The molecule has 2 aliphatic rings. The Hall–Kier alpha value is -3.60. The number of hydrogen-bond acceptors (Lipinski definition) is 5. The molecule has 1 aromatic carbocycles. The minimum atomic E-state index is -4.51. The maximum Gasteiger partial charge on any atom is 0.416 e. The first-order valence-corrected chi connectivity index (χ1v) is 10.6. The lowest BCUT2D eigenvalue weighted by molar-refractivity contribution is -0.137. The number of amides is 2. The highest BCUT2D eigenvalue weighted by atomic mass is 19.4. The van der Waals surface area contributed by atoms with Crippen LogP contribution in [0.25, 0.3) is 11.0 Å². The van der Waals surface area contributed by atoms with Gasteiger partial charge in [0.05, 0.1) is 35.9 Å². The van der Waals surface area contributed by atoms with Gasteiger partial charge in [-0.1, -0.05) is 6.07 Å². The molecule has 34 heavy (non-hydrogen) atoms. The quantitative estimate of drug-likeness (QED) is 0.594. The van der Waals surface area contributed by atoms with Crippen LogP contribution in [-0.2, 0) is 35.5 Å². The summed E-state index contributed by atoms with van der Waals surface area (Å²) >= 11 is 0. The molecule has 2 aromatic heterocycles. The predicted molar refractivity (Wildman–Crippen MR) is 116 cm³/mol. The standard InChI is InChI=1S/C23H22F3N5O3/c1-11(32)31-7-12-5-13(23(24,25)26)3-4-14(12)19(8-31)30(2)22(33)18-6-17-20(28-18)15-9-34-10-16(15)21(27)29-17/h3-6,19,28H,7-10H2,1-2H3,(H2,27,29)/t19-/m0/s1. The zero-order chi connectivity index (χ0) is 24.4. The van der Waals surface area contributed by atoms with Gasteiger partial charge in [-0.3, -0.25) is 9.59 Å². The van der Waals surface area contributed by atoms with Crippen LogP contribution < -0.4 is 5.73 Å². The van der Waals surface area contributed by atoms with E-state index >= 15 is 0 Å². The summed E-state index contributed by atoms with van der Waals surface area (Å²) in [6.45, 7) is 2.28. The summed E-state index contributed by atoms with van der Waals surface area (Å²) in [6.07, 6.45) is -4.51. The van der Waals surface area contributed by atoms with Crippen LogP contribution in [-0.4, -0.2) is 45.2 Å². The molecule has 11 heteroatoms. The Labute approximate surface area is 192 Å². The summed E-state index contributed by atoms with van der Waals surface area (Å²) in [5.41, 5.74) is 9.28. The van der Waals surface area contributed by atoms with Crippen molar-refractivity contribution < 1.29 is 27.5 Å². The molecule has 0 spiro atoms. The highest BCUT2D eigenvalue weighted by Gasteiger charge is 2.36. The fraction of sp³-hybridized carbons (Fsp3) is 0.348. The first kappa shape index (κ1) is 22.2. The van der Waals surface area contributed by atoms with Crippen molar-refractivity contribution in [1.82, 2.24) is 19.8 Å². The summed E-state index contributed by atoms with van der Waals surface area (Å²) in [4.78, 5) is 35.9. The topological polar surface area (TPSA) is 105 Å². The van der Waals surface area contributed by atoms with Gasteiger partial charge in [0, 0.05) is 38.2 Å². The molecule has 3 aromatic rings. The molecule has 178 valence electrons. The van der Waals surface area contributed by atoms with Gasteiger partial charge in [-0.05, 0) is 29.3 Å². The molecule has 0 bridgehead atoms. The van der Waals surface area contributed by atoms with E-state index < -0.39 is 17.8 Å². The number of halogens is 3. The minimum Gasteiger partial charge on any atom is -0.383 e. The predicted octanol–water partition coefficient (Wildman–Crippen LogP) is 3.37. The van der Waals surface area contributed by atoms with E-state index in [1.807, 2.05) is 0 Å². The zero-order valence-electron chi connectivity index (χ0n) is 18.5. The van der Waals surface area contributed by atoms with E-state index in [2.05, 4.69) is 9.97 Å². The molecule has 4 heterocycles. The van der Waals surface area contributed by atoms with Gasteiger partial charge < -0.3 is 25.3 Å². The number of ether oxygens (including phenoxy) is 1. The number of likely N-dealkylation sites (N-methyl/N-ethyl adjacent to an activating group) is 1. The number of carbonyl (C=O) groups excluding carboxylic acids is 2. The van der Waals surface area contributed by atoms with Crippen molar-refractivity contribution in [1.29, 1.82) is 0 Å². The SMILES string of the molecule is CC(=O)N1Cc2cc(C(F)(F)F)ccc2[C@@H](N(C)C(=O)c2cc3nc(N)c4c(c3[nH]2)COC4)C1. The third-order valence-corrected chi connectivity index (χ3v) is 6.55. The molecule has 2 amide bonds. The van der Waals surface area contributed by atoms with Gasteiger partial charge in [0.25, 0.3) is 5.91 Å². The average molecular weight is 473 g/mol. The van der Waals surface area contributed by atoms with Crippen LogP contribution >= 0.6 is 0 Å². The summed E-state index contributed by atoms with van der Waals surface area (Å²) in [5, 5.41) is 0. The van der Waals surface area contributed by atoms with Gasteiger partial charge >= 0.3 is 6.18 Å². The molecule has 1 atom stereocenters. The molecule has 0 unspecified atom stereocenters. The number of pyridine rings is 1. The lowest BCUT2D eigenvalue weighted by Gasteiger charge is -2.39. The van der Waals surface area contributed by atoms with E-state index in [4.69, 9.17) is 10.5 Å². The van der Waals surface area contributed by atoms with Crippen LogP contribution in [0.15, 0.2) is 24.3 Å². The lowest BCUT2D eigenvalue weighted by Crippen LogP contribution is -2.44. The minimum absolute atomic E-state index is 0.0504. The first-order chi connectivity index (χ1) is 16.0. The van der Waals surface area contributed by atoms with Gasteiger partial charge in [0.2, 0.25) is 5.91 Å². The first-order valence-electron chi connectivity index (χ1n) is 10.6. The maximum atomic E-state index is 13.4. The number of rotatable bonds is 2. The molecule has 0 saturated heterocycles. The number of nitrogens with one attached hydrogen (secondary N) is 1. The molecule has 8 nitrogen and oxygen atoms in total. The van der Waals surface area contributed by atoms with Crippen molar-refractivity contribution in [2.24, 2.45) is 0 Å². The van der Waals surface area contributed by atoms with Gasteiger partial charge in [-0.15, -0.1) is 0 Å². The van der Waals surface area contributed by atoms with Crippen molar-refractivity contribution in [3.8, 4) is 0 Å². The normalized spacial score (nSPS) is 17.6. The van der Waals surface area contributed by atoms with Gasteiger partial charge in [-0.25, -0.2) is 4.98 Å². The number of aromatic nitrogens is 2. The van der Waals surface area contributed by atoms with Crippen LogP contribution in [0.5, 0.6) is 0 Å². The summed E-state index contributed by atoms with van der Waals surface area (Å²) < 4.78 is 45.3. The molecule has 5 rings (SSSR count). The van der Waals surface area contributed by atoms with E-state index in [1.165, 1.54) is 22.8 Å². The van der Waals surface area contributed by atoms with E-state index in [9.17, 15) is 22.8 Å². The molecule has 0 aliphatic carbocycles. The monoisotopic (exact) mass is 473 g/mol. The lowest BCUT2D eigenvalue weighted by atomic mass is 9.92. The maximum absolute atomic E-state index is 13.4. The van der Waals surface area contributed by atoms with Crippen LogP contribution in [0, 0.1) is 0 Å². The number of nitrogen functional groups attached to an aromatic ring is 1. The number of aromatic amines is 1. The largest absolute Gasteiger partial charge is 0.416 e. The molecule has 2 aliphatic heterocycles. The van der Waals surface area contributed by atoms with Crippen LogP contribution in [0.4, 0.5) is 19.0 Å². The number of fused-ring (bicyclic) bond motifs is 4. The Balaban J connectivity index is 1.52. The number of hydrogen-bond donors (Lipinski definition) is 2. The number of alkyl halides is 3. The average Bonchev–Trinajstić information content (AvgIpc) is 3.43. The van der Waals surface area contributed by atoms with E-state index in [0.29, 0.717) is 41.2 Å². The number of nitrogens with zero attached hydrogens (tertiary/aromatic N) is 3. The second kappa shape index (κ2) is 7.73. The van der Waals surface area contributed by atoms with Crippen molar-refractivity contribution in [3.05, 3.63) is 57.8 Å². The summed E-state index contributed by atoms with van der Waals surface area (Å²) in [7, 11) is 1.57. The van der Waals surface area contributed by atoms with Crippen molar-refractivity contribution in [2.45, 2.75) is 38.9 Å². The van der Waals surface area contributed by atoms with Gasteiger partial charge in [0.15, 0.2) is 0 Å². The second-order valence-electron chi connectivity index (χ2n) is 8.63. The molecule has 3 N–H and O–H groups in total. The number of carbonyl (C=O) groups is 2. The number of H-pyrrole nitrogens is 1. The highest BCUT2D eigenvalue weighted by Crippen LogP contribution is 2.37. The Morgan fingerprint density at radius 1 is 1.24 bits per heavy atom. The Bertz CT molecular complexity index is 1330. The van der Waals surface area contributed by atoms with E-state index in [-0.39, 0.29) is 30.6 Å². The Morgan fingerprint density at radius 3 is 2.68 bits per heavy atom. The van der Waals surface area contributed by atoms with Crippen molar-refractivity contribution in [3.63, 3.8) is 0 Å². The smallest absolute Gasteiger partial charge is 0.383 e. The van der Waals surface area contributed by atoms with Gasteiger partial charge in [0.1, 0.15) is 11.5 Å². The highest BCUT2D eigenvalue weighted by molar-refractivity contribution is 5.98. The molecule has 0 saturated carbocycles. The van der Waals surface area contributed by atoms with Crippen LogP contribution in [0.2, 0.25) is 0 Å². The third kappa shape index (κ3) is 3.56. The number of anilines is 1. The van der Waals surface area contributed by atoms with E-state index in [0.717, 1.165) is 23.3 Å². The number of benzene rings is 1. The zero-order valence-corrected chi connectivity index (χ0v) is 18.5. The summed E-state index contributed by atoms with van der Waals surface area (Å²) in [6, 6.07) is 4.42. The third-order valence-electron chi connectivity index (χ3n) is 6.55. The van der Waals surface area contributed by atoms with Crippen molar-refractivity contribution in [2.75, 3.05) is 19.3 Å². The Kier molecular flexibility index (Phi) is 5.05. The second-order valence-corrected chi connectivity index (χ2v) is 8.63. The van der Waals surface area contributed by atoms with Gasteiger partial charge in [-0.2, -0.15) is 13.2 Å². The molecular weight excluding hydrogens is 451 g/mol. The number of nitrogens with two attached hydrogens (primary N) is 1.